The van der Waals surface area contributed by atoms with Crippen molar-refractivity contribution < 1.29 is 287 Å². The Bertz CT molecular complexity index is 4010. The third-order valence-corrected chi connectivity index (χ3v) is 26.0. The summed E-state index contributed by atoms with van der Waals surface area (Å²) in [4.78, 5) is 77.8. The van der Waals surface area contributed by atoms with Gasteiger partial charge in [0.1, 0.15) is 257 Å². The molecule has 142 heavy (non-hydrogen) atoms. The van der Waals surface area contributed by atoms with Gasteiger partial charge in [-0.15, -0.1) is 0 Å². The van der Waals surface area contributed by atoms with Crippen molar-refractivity contribution in [2.45, 2.75) is 391 Å². The van der Waals surface area contributed by atoms with Crippen LogP contribution in [0.15, 0.2) is 0 Å². The summed E-state index contributed by atoms with van der Waals surface area (Å²) in [6, 6.07) is -9.80. The van der Waals surface area contributed by atoms with Crippen LogP contribution in [-0.2, 0) is 128 Å². The number of aliphatic carboxylic acids is 1. The highest BCUT2D eigenvalue weighted by Crippen LogP contribution is 2.43. The number of aliphatic hydroxyl groups excluding tert-OH is 30. The van der Waals surface area contributed by atoms with Crippen LogP contribution in [0.1, 0.15) is 48.0 Å². The first kappa shape index (κ1) is 117. The lowest BCUT2D eigenvalue weighted by Crippen LogP contribution is -2.71. The molecule has 0 saturated carbocycles. The van der Waals surface area contributed by atoms with Crippen molar-refractivity contribution in [3.8, 4) is 0 Å². The topological polar surface area (TPSA) is 984 Å². The summed E-state index contributed by atoms with van der Waals surface area (Å²) < 4.78 is 125. The number of carboxylic acid groups (broad SMARTS) is 1. The minimum Gasteiger partial charge on any atom is -0.477 e. The van der Waals surface area contributed by atoms with Gasteiger partial charge in [0.25, 0.3) is 5.79 Å². The molecule has 0 bridgehead atoms. The average molecular weight is 2080 g/mol. The lowest BCUT2D eigenvalue weighted by Gasteiger charge is -2.51. The van der Waals surface area contributed by atoms with E-state index < -0.39 is 451 Å². The van der Waals surface area contributed by atoms with Gasteiger partial charge in [-0.3, -0.25) is 24.0 Å². The van der Waals surface area contributed by atoms with Gasteiger partial charge in [-0.05, 0) is 13.8 Å². The number of aliphatic hydroxyl groups is 30. The van der Waals surface area contributed by atoms with Crippen LogP contribution in [0.3, 0.4) is 0 Å². The van der Waals surface area contributed by atoms with E-state index in [1.54, 1.807) is 0 Å². The van der Waals surface area contributed by atoms with Gasteiger partial charge in [-0.2, -0.15) is 0 Å². The Morgan fingerprint density at radius 1 is 0.317 bits per heavy atom. The van der Waals surface area contributed by atoms with Gasteiger partial charge in [-0.1, -0.05) is 0 Å². The van der Waals surface area contributed by atoms with E-state index in [0.29, 0.717) is 0 Å². The fourth-order valence-electron chi connectivity index (χ4n) is 18.2. The van der Waals surface area contributed by atoms with Gasteiger partial charge in [0.05, 0.1) is 83.8 Å². The third kappa shape index (κ3) is 26.0. The smallest absolute Gasteiger partial charge is 0.364 e. The molecule has 36 N–H and O–H groups in total. The van der Waals surface area contributed by atoms with Crippen LogP contribution in [0.5, 0.6) is 0 Å². The first-order valence-corrected chi connectivity index (χ1v) is 45.2. The zero-order chi connectivity index (χ0) is 105. The Morgan fingerprint density at radius 3 is 1.16 bits per heavy atom. The van der Waals surface area contributed by atoms with Gasteiger partial charge < -0.3 is 284 Å². The number of ether oxygens (including phenoxy) is 21. The predicted molar refractivity (Wildman–Crippen MR) is 436 cm³/mol. The molecule has 0 aromatic carbocycles. The Balaban J connectivity index is 0.912. The molecule has 56 atom stereocenters. The van der Waals surface area contributed by atoms with Crippen molar-refractivity contribution in [1.82, 2.24) is 26.6 Å². The highest BCUT2D eigenvalue weighted by atomic mass is 16.8. The Hall–Kier alpha value is -5.22. The van der Waals surface area contributed by atoms with Crippen LogP contribution in [-0.4, -0.2) is 603 Å². The molecule has 63 nitrogen and oxygen atoms in total. The van der Waals surface area contributed by atoms with Crippen molar-refractivity contribution in [2.75, 3.05) is 66.1 Å². The van der Waals surface area contributed by atoms with Crippen molar-refractivity contribution in [3.05, 3.63) is 0 Å². The third-order valence-electron chi connectivity index (χ3n) is 26.0. The first-order chi connectivity index (χ1) is 66.9. The molecule has 0 aliphatic carbocycles. The number of carboxylic acids is 1. The molecule has 0 aromatic rings. The summed E-state index contributed by atoms with van der Waals surface area (Å²) in [5.74, 6) is -10.5. The molecule has 63 heteroatoms. The zero-order valence-corrected chi connectivity index (χ0v) is 76.4. The Labute approximate surface area is 803 Å². The number of hydrogen-bond acceptors (Lipinski definition) is 57. The quantitative estimate of drug-likeness (QED) is 0.0273. The van der Waals surface area contributed by atoms with E-state index in [-0.39, 0.29) is 0 Å². The Morgan fingerprint density at radius 2 is 0.669 bits per heavy atom. The maximum absolute atomic E-state index is 13.4. The van der Waals surface area contributed by atoms with Crippen LogP contribution in [0.25, 0.3) is 0 Å². The lowest BCUT2D eigenvalue weighted by molar-refractivity contribution is -0.399. The number of rotatable bonds is 38. The van der Waals surface area contributed by atoms with E-state index in [9.17, 15) is 187 Å². The normalized spacial score (nSPS) is 48.0. The summed E-state index contributed by atoms with van der Waals surface area (Å²) in [5, 5.41) is 359. The first-order valence-electron chi connectivity index (χ1n) is 45.2. The van der Waals surface area contributed by atoms with E-state index in [0.717, 1.165) is 27.7 Å². The molecular formula is C79H131N5O58. The van der Waals surface area contributed by atoms with E-state index in [4.69, 9.17) is 99.5 Å². The number of nitrogens with one attached hydrogen (secondary N) is 5. The standard InChI is InChI=1S/C79H131N5O58/c1-18-40(99)51(110)56(115)72(125-18)122-16-33-62(48(107)36(68(119)127-33)80-20(3)92)135-69-37(81-21(4)93)49(108)61(30(13-90)131-69)137-75-59(118)65(47(106)31(133-75)15-123-76-66(54(113)43(102)26(9-86)129-76)140-71-39(83-23(6)95)63(46(105)28(11-88)128-71)138-73-57(116)52(111)41(100)19(2)126-73)139-77-67(55(114)44(103)27(10-87)130-77)141-70-38(82-22(5)94)50(109)60(29(12-89)132-70)136-74-58(117)53(112)45(104)32(134-74)17-124-79(78(120)121)7-24(96)35(84-34(98)14-91)64(142-79)42(101)25(97)8-85/h18-19,24-33,35-77,85-91,96-97,99-119H,7-17H2,1-6H3,(H,80,92)(H,81,93)(H,82,94)(H,83,95)(H,84,98)(H,120,121)/t18-,19-,24-,25+,26+,27+,28+,29+,30+,31+,32+,33+,35+,36+,37+,38-,39+,40+,41+,42+,43+,44+,45-,46+,47+,48+,49+,50+,51+,52+,53-,54-,55-,56-,57-,58+,59-,60+,61+,62+,63+,64+,65-,66-,67-,68+,69-,70-,71-,72+,73-,74-,75-,76-,77+,79+/m0/s1. The van der Waals surface area contributed by atoms with Gasteiger partial charge in [0.2, 0.25) is 29.5 Å². The molecule has 0 unspecified atom stereocenters. The molecule has 11 heterocycles. The number of amides is 5. The number of carbonyl (C=O) groups is 6. The fraction of sp³-hybridized carbons (Fsp3) is 0.924. The van der Waals surface area contributed by atoms with Crippen LogP contribution in [0, 0.1) is 0 Å². The predicted octanol–water partition coefficient (Wildman–Crippen LogP) is -24.0. The highest BCUT2D eigenvalue weighted by molar-refractivity contribution is 5.78. The molecule has 11 aliphatic heterocycles. The molecular weight excluding hydrogens is 1950 g/mol. The summed E-state index contributed by atoms with van der Waals surface area (Å²) in [7, 11) is 0. The molecule has 5 amide bonds. The Kier molecular flexibility index (Phi) is 41.7. The molecule has 0 spiro atoms. The maximum Gasteiger partial charge on any atom is 0.364 e. The van der Waals surface area contributed by atoms with Crippen LogP contribution in [0.4, 0.5) is 0 Å². The van der Waals surface area contributed by atoms with E-state index in [1.807, 2.05) is 0 Å². The summed E-state index contributed by atoms with van der Waals surface area (Å²) in [6.07, 6.45) is -109. The van der Waals surface area contributed by atoms with Crippen LogP contribution >= 0.6 is 0 Å². The minimum atomic E-state index is -3.19. The maximum atomic E-state index is 13.4. The number of hydrogen-bond donors (Lipinski definition) is 36. The van der Waals surface area contributed by atoms with Crippen molar-refractivity contribution in [3.63, 3.8) is 0 Å². The van der Waals surface area contributed by atoms with Gasteiger partial charge >= 0.3 is 5.97 Å². The summed E-state index contributed by atoms with van der Waals surface area (Å²) in [6.45, 7) is -5.97. The highest BCUT2D eigenvalue weighted by Gasteiger charge is 2.64. The molecule has 0 aromatic heterocycles. The SMILES string of the molecule is CC(=O)N[C@@H]1[C@H](O[C@@H]2[C@@H](O[C@@H]3[C@H](O)[C@H](O[C@H]4[C@H](O)[C@@H](NC(C)=O)[C@H](O[C@H]5[C@H](O)[C@@H](NC(C)=O)[C@H](O)O[C@@H]5CO[C@@H]5O[C@@H](C)[C@@H](O)[C@@H](O)[C@@H]5O)O[C@@H]4CO)O[C@H](CO[C@H]4O[C@H](CO)[C@@H](O)[C@H](O)[C@@H]4O[C@@H]4O[C@H](CO)[C@@H](O)[C@H](O[C@@H]5O[C@@H](C)[C@@H](O)[C@@H](O)[C@@H]5O)[C@H]4NC(C)=O)[C@H]3O)O[C@H](CO)[C@@H](O)[C@@H]2O)O[C@H](CO)[C@@H](O[C@@H]2O[C@H](CO[C@]3(C(=O)O)C[C@H](O)[C@@H](NC(=O)CO)[C@H]([C@H](O)[C@H](O)CO)O3)[C@H](O)[C@H](O)[C@H]2O)[C@@H]1O. The van der Waals surface area contributed by atoms with Crippen molar-refractivity contribution >= 4 is 35.5 Å². The van der Waals surface area contributed by atoms with E-state index >= 15 is 0 Å². The van der Waals surface area contributed by atoms with E-state index in [1.165, 1.54) is 13.8 Å². The van der Waals surface area contributed by atoms with Crippen LogP contribution < -0.4 is 26.6 Å². The van der Waals surface area contributed by atoms with Crippen molar-refractivity contribution in [1.29, 1.82) is 0 Å². The van der Waals surface area contributed by atoms with Gasteiger partial charge in [0, 0.05) is 34.1 Å². The molecule has 820 valence electrons. The number of carbonyl (C=O) groups excluding carboxylic acids is 5. The monoisotopic (exact) mass is 2080 g/mol. The molecule has 11 saturated heterocycles. The average Bonchev–Trinajstić information content (AvgIpc) is 0.759. The van der Waals surface area contributed by atoms with Crippen LogP contribution in [0.2, 0.25) is 0 Å². The zero-order valence-electron chi connectivity index (χ0n) is 76.4. The van der Waals surface area contributed by atoms with E-state index in [2.05, 4.69) is 26.6 Å². The van der Waals surface area contributed by atoms with Gasteiger partial charge in [-0.25, -0.2) is 4.79 Å². The second-order valence-corrected chi connectivity index (χ2v) is 36.0. The largest absolute Gasteiger partial charge is 0.477 e. The second kappa shape index (κ2) is 50.6. The molecule has 0 radical (unpaired) electrons. The second-order valence-electron chi connectivity index (χ2n) is 36.0. The summed E-state index contributed by atoms with van der Waals surface area (Å²) >= 11 is 0. The van der Waals surface area contributed by atoms with Crippen molar-refractivity contribution in [2.24, 2.45) is 0 Å². The fourth-order valence-corrected chi connectivity index (χ4v) is 18.2. The lowest BCUT2D eigenvalue weighted by atomic mass is 9.88. The minimum absolute atomic E-state index is 0.844. The molecule has 11 aliphatic rings. The molecule has 11 fully saturated rings. The summed E-state index contributed by atoms with van der Waals surface area (Å²) in [5.41, 5.74) is 0. The van der Waals surface area contributed by atoms with Gasteiger partial charge in [0.15, 0.2) is 62.9 Å². The molecule has 11 rings (SSSR count).